The molecule has 1 aromatic carbocycles. The van der Waals surface area contributed by atoms with E-state index in [0.717, 1.165) is 18.6 Å². The van der Waals surface area contributed by atoms with E-state index >= 15 is 0 Å². The van der Waals surface area contributed by atoms with Gasteiger partial charge in [0.1, 0.15) is 7.11 Å². The second kappa shape index (κ2) is 6.71. The highest BCUT2D eigenvalue weighted by atomic mass is 127. The van der Waals surface area contributed by atoms with Crippen LogP contribution in [0.3, 0.4) is 0 Å². The maximum Gasteiger partial charge on any atom is 0.106 e. The first-order chi connectivity index (χ1) is 10.7. The molecule has 22 heavy (non-hydrogen) atoms. The van der Waals surface area contributed by atoms with Crippen molar-refractivity contribution >= 4 is 33.9 Å². The minimum absolute atomic E-state index is 0.488. The highest BCUT2D eigenvalue weighted by Gasteiger charge is 2.40. The molecule has 2 aliphatic heterocycles. The fraction of sp³-hybridized carbons (Fsp3) is 0.500. The fourth-order valence-corrected chi connectivity index (χ4v) is 4.22. The maximum atomic E-state index is 5.13. The minimum Gasteiger partial charge on any atom is -0.399 e. The number of halogens is 1. The monoisotopic (exact) mass is 410 g/mol. The summed E-state index contributed by atoms with van der Waals surface area (Å²) in [6.45, 7) is 2.16. The van der Waals surface area contributed by atoms with Gasteiger partial charge in [-0.2, -0.15) is 0 Å². The molecule has 2 bridgehead atoms. The van der Waals surface area contributed by atoms with Crippen molar-refractivity contribution in [1.29, 1.82) is 0 Å². The molecule has 0 amide bonds. The Hall–Kier alpha value is -0.880. The number of likely N-dealkylation sites (N-methyl/N-ethyl adjacent to an activating group) is 1. The van der Waals surface area contributed by atoms with Crippen molar-refractivity contribution in [3.63, 3.8) is 0 Å². The van der Waals surface area contributed by atoms with Crippen LogP contribution in [0.2, 0.25) is 0 Å². The van der Waals surface area contributed by atoms with Crippen molar-refractivity contribution in [2.75, 3.05) is 14.2 Å². The van der Waals surface area contributed by atoms with Gasteiger partial charge in [0.05, 0.1) is 5.71 Å². The molecule has 4 heteroatoms. The molecule has 1 saturated heterocycles. The predicted octanol–water partition coefficient (Wildman–Crippen LogP) is 4.32. The molecule has 0 aromatic heterocycles. The quantitative estimate of drug-likeness (QED) is 0.420. The van der Waals surface area contributed by atoms with Crippen molar-refractivity contribution in [3.05, 3.63) is 39.0 Å². The van der Waals surface area contributed by atoms with E-state index in [2.05, 4.69) is 70.9 Å². The zero-order chi connectivity index (χ0) is 15.7. The lowest BCUT2D eigenvalue weighted by atomic mass is 9.85. The van der Waals surface area contributed by atoms with Crippen LogP contribution >= 0.6 is 22.6 Å². The summed E-state index contributed by atoms with van der Waals surface area (Å²) in [4.78, 5) is 7.66. The van der Waals surface area contributed by atoms with Crippen molar-refractivity contribution in [2.24, 2.45) is 5.16 Å². The summed E-state index contributed by atoms with van der Waals surface area (Å²) in [7, 11) is 3.90. The molecular formula is C18H23IN2O. The molecule has 1 unspecified atom stereocenters. The lowest BCUT2D eigenvalue weighted by molar-refractivity contribution is 0.211. The molecule has 0 saturated carbocycles. The largest absolute Gasteiger partial charge is 0.399 e. The van der Waals surface area contributed by atoms with E-state index in [-0.39, 0.29) is 0 Å². The SMILES string of the molecule is CCC(=NOC)C1=C(c2ccc(I)cc2)CC2CC[C@H]1N2C. The van der Waals surface area contributed by atoms with Gasteiger partial charge in [0.25, 0.3) is 0 Å². The smallest absolute Gasteiger partial charge is 0.106 e. The Kier molecular flexibility index (Phi) is 4.88. The van der Waals surface area contributed by atoms with E-state index in [9.17, 15) is 0 Å². The Morgan fingerprint density at radius 1 is 1.32 bits per heavy atom. The summed E-state index contributed by atoms with van der Waals surface area (Å²) < 4.78 is 1.28. The van der Waals surface area contributed by atoms with Gasteiger partial charge in [0, 0.05) is 15.7 Å². The molecule has 2 atom stereocenters. The molecule has 0 N–H and O–H groups in total. The Morgan fingerprint density at radius 3 is 2.68 bits per heavy atom. The van der Waals surface area contributed by atoms with Gasteiger partial charge in [-0.25, -0.2) is 0 Å². The van der Waals surface area contributed by atoms with Crippen LogP contribution in [0.1, 0.15) is 38.2 Å². The average Bonchev–Trinajstić information content (AvgIpc) is 2.76. The van der Waals surface area contributed by atoms with Gasteiger partial charge in [-0.1, -0.05) is 24.2 Å². The van der Waals surface area contributed by atoms with Crippen molar-refractivity contribution in [1.82, 2.24) is 4.90 Å². The van der Waals surface area contributed by atoms with Crippen LogP contribution in [0.4, 0.5) is 0 Å². The van der Waals surface area contributed by atoms with E-state index in [1.54, 1.807) is 7.11 Å². The normalized spacial score (nSPS) is 25.7. The van der Waals surface area contributed by atoms with Crippen molar-refractivity contribution in [3.8, 4) is 0 Å². The van der Waals surface area contributed by atoms with E-state index in [4.69, 9.17) is 4.84 Å². The van der Waals surface area contributed by atoms with E-state index in [1.165, 1.54) is 33.1 Å². The summed E-state index contributed by atoms with van der Waals surface area (Å²) in [5.74, 6) is 0. The zero-order valence-electron chi connectivity index (χ0n) is 13.5. The number of nitrogens with zero attached hydrogens (tertiary/aromatic N) is 2. The molecular weight excluding hydrogens is 387 g/mol. The summed E-state index contributed by atoms with van der Waals surface area (Å²) in [5.41, 5.74) is 5.33. The van der Waals surface area contributed by atoms with Gasteiger partial charge in [-0.3, -0.25) is 4.90 Å². The fourth-order valence-electron chi connectivity index (χ4n) is 3.86. The first kappa shape index (κ1) is 16.0. The van der Waals surface area contributed by atoms with Crippen LogP contribution in [-0.2, 0) is 4.84 Å². The van der Waals surface area contributed by atoms with Crippen molar-refractivity contribution < 1.29 is 4.84 Å². The molecule has 2 aliphatic rings. The topological polar surface area (TPSA) is 24.8 Å². The molecule has 2 heterocycles. The predicted molar refractivity (Wildman–Crippen MR) is 100 cm³/mol. The average molecular weight is 410 g/mol. The van der Waals surface area contributed by atoms with E-state index < -0.39 is 0 Å². The van der Waals surface area contributed by atoms with Crippen LogP contribution in [0, 0.1) is 3.57 Å². The van der Waals surface area contributed by atoms with Crippen LogP contribution in [0.5, 0.6) is 0 Å². The van der Waals surface area contributed by atoms with Crippen molar-refractivity contribution in [2.45, 2.75) is 44.7 Å². The first-order valence-electron chi connectivity index (χ1n) is 7.97. The highest BCUT2D eigenvalue weighted by molar-refractivity contribution is 14.1. The van der Waals surface area contributed by atoms with Gasteiger partial charge < -0.3 is 4.84 Å². The molecule has 0 radical (unpaired) electrons. The molecule has 1 fully saturated rings. The van der Waals surface area contributed by atoms with Gasteiger partial charge in [-0.15, -0.1) is 0 Å². The first-order valence-corrected chi connectivity index (χ1v) is 9.04. The van der Waals surface area contributed by atoms with Gasteiger partial charge >= 0.3 is 0 Å². The van der Waals surface area contributed by atoms with Crippen LogP contribution in [0.15, 0.2) is 35.0 Å². The Labute approximate surface area is 146 Å². The standard InChI is InChI=1S/C18H23IN2O/c1-4-16(20-22-3)18-15(12-5-7-13(19)8-6-12)11-14-9-10-17(18)21(14)2/h5-8,14,17H,4,9-11H2,1-3H3/t14?,17-/m1/s1. The Balaban J connectivity index is 2.13. The number of rotatable bonds is 4. The molecule has 3 nitrogen and oxygen atoms in total. The van der Waals surface area contributed by atoms with Gasteiger partial charge in [0.2, 0.25) is 0 Å². The van der Waals surface area contributed by atoms with Gasteiger partial charge in [-0.05, 0) is 84.2 Å². The second-order valence-corrected chi connectivity index (χ2v) is 7.34. The summed E-state index contributed by atoms with van der Waals surface area (Å²) >= 11 is 2.36. The van der Waals surface area contributed by atoms with Crippen LogP contribution < -0.4 is 0 Å². The number of fused-ring (bicyclic) bond motifs is 2. The molecule has 1 aromatic rings. The van der Waals surface area contributed by atoms with Crippen LogP contribution in [-0.4, -0.2) is 36.9 Å². The second-order valence-electron chi connectivity index (χ2n) is 6.09. The molecule has 0 aliphatic carbocycles. The third-order valence-electron chi connectivity index (χ3n) is 4.98. The third-order valence-corrected chi connectivity index (χ3v) is 5.70. The number of oxime groups is 1. The summed E-state index contributed by atoms with van der Waals surface area (Å²) in [5, 5.41) is 4.34. The Bertz CT molecular complexity index is 606. The minimum atomic E-state index is 0.488. The highest BCUT2D eigenvalue weighted by Crippen LogP contribution is 2.43. The number of hydrogen-bond donors (Lipinski definition) is 0. The van der Waals surface area contributed by atoms with Crippen LogP contribution in [0.25, 0.3) is 5.57 Å². The lowest BCUT2D eigenvalue weighted by Crippen LogP contribution is -2.40. The third kappa shape index (κ3) is 2.83. The molecule has 3 rings (SSSR count). The van der Waals surface area contributed by atoms with E-state index in [1.807, 2.05) is 0 Å². The van der Waals surface area contributed by atoms with Gasteiger partial charge in [0.15, 0.2) is 0 Å². The summed E-state index contributed by atoms with van der Waals surface area (Å²) in [6.07, 6.45) is 4.54. The Morgan fingerprint density at radius 2 is 2.05 bits per heavy atom. The zero-order valence-corrected chi connectivity index (χ0v) is 15.6. The number of hydrogen-bond acceptors (Lipinski definition) is 3. The number of benzene rings is 1. The summed E-state index contributed by atoms with van der Waals surface area (Å²) in [6, 6.07) is 10.1. The molecule has 0 spiro atoms. The lowest BCUT2D eigenvalue weighted by Gasteiger charge is -2.35. The van der Waals surface area contributed by atoms with E-state index in [0.29, 0.717) is 12.1 Å². The maximum absolute atomic E-state index is 5.13. The molecule has 118 valence electrons.